The van der Waals surface area contributed by atoms with Gasteiger partial charge < -0.3 is 14.5 Å². The summed E-state index contributed by atoms with van der Waals surface area (Å²) in [6, 6.07) is 6.11. The number of sulfonamides is 1. The van der Waals surface area contributed by atoms with Crippen LogP contribution in [-0.4, -0.2) is 50.3 Å². The Morgan fingerprint density at radius 3 is 2.48 bits per heavy atom. The Labute approximate surface area is 184 Å². The molecular weight excluding hydrogens is 450 g/mol. The number of urea groups is 1. The number of furan rings is 1. The van der Waals surface area contributed by atoms with Crippen LogP contribution in [-0.2, 0) is 26.1 Å². The first-order valence-corrected chi connectivity index (χ1v) is 11.1. The lowest BCUT2D eigenvalue weighted by atomic mass is 10.2. The van der Waals surface area contributed by atoms with Crippen molar-refractivity contribution in [2.45, 2.75) is 25.3 Å². The number of amides is 3. The molecule has 2 rings (SSSR count). The van der Waals surface area contributed by atoms with Crippen molar-refractivity contribution in [1.82, 2.24) is 14.9 Å². The molecule has 0 spiro atoms. The molecule has 0 aliphatic heterocycles. The number of carbonyl (C=O) groups is 3. The van der Waals surface area contributed by atoms with Crippen molar-refractivity contribution < 1.29 is 32.0 Å². The van der Waals surface area contributed by atoms with E-state index >= 15 is 0 Å². The summed E-state index contributed by atoms with van der Waals surface area (Å²) in [5, 5.41) is 4.34. The van der Waals surface area contributed by atoms with Gasteiger partial charge in [-0.05, 0) is 30.3 Å². The lowest BCUT2D eigenvalue weighted by Crippen LogP contribution is -2.41. The summed E-state index contributed by atoms with van der Waals surface area (Å²) in [5.41, 5.74) is -0.218. The highest BCUT2D eigenvalue weighted by molar-refractivity contribution is 7.89. The van der Waals surface area contributed by atoms with E-state index in [0.717, 1.165) is 6.07 Å². The lowest BCUT2D eigenvalue weighted by molar-refractivity contribution is -0.123. The average Bonchev–Trinajstić information content (AvgIpc) is 3.25. The predicted molar refractivity (Wildman–Crippen MR) is 111 cm³/mol. The van der Waals surface area contributed by atoms with Crippen molar-refractivity contribution in [2.24, 2.45) is 0 Å². The Hall–Kier alpha value is -2.89. The molecular formula is C19H22ClN3O7S. The molecule has 12 heteroatoms. The normalized spacial score (nSPS) is 11.2. The number of hydrogen-bond donors (Lipinski definition) is 2. The number of halogens is 1. The smallest absolute Gasteiger partial charge is 0.340 e. The summed E-state index contributed by atoms with van der Waals surface area (Å²) in [4.78, 5) is 35.7. The van der Waals surface area contributed by atoms with Gasteiger partial charge in [0.05, 0.1) is 28.3 Å². The maximum atomic E-state index is 12.6. The first kappa shape index (κ1) is 24.4. The molecule has 0 unspecified atom stereocenters. The number of hydrogen-bond acceptors (Lipinski definition) is 7. The second-order valence-corrected chi connectivity index (χ2v) is 8.46. The number of benzene rings is 1. The molecule has 1 heterocycles. The van der Waals surface area contributed by atoms with Gasteiger partial charge in [-0.3, -0.25) is 10.1 Å². The predicted octanol–water partition coefficient (Wildman–Crippen LogP) is 2.15. The van der Waals surface area contributed by atoms with Gasteiger partial charge in [0.1, 0.15) is 5.76 Å². The quantitative estimate of drug-likeness (QED) is 0.535. The summed E-state index contributed by atoms with van der Waals surface area (Å²) in [5.74, 6) is -1.40. The molecule has 0 saturated carbocycles. The minimum Gasteiger partial charge on any atom is -0.467 e. The number of nitrogens with one attached hydrogen (secondary N) is 2. The van der Waals surface area contributed by atoms with Gasteiger partial charge in [0, 0.05) is 13.1 Å². The van der Waals surface area contributed by atoms with Crippen LogP contribution in [0.4, 0.5) is 4.79 Å². The first-order valence-electron chi connectivity index (χ1n) is 9.25. The fourth-order valence-electron chi connectivity index (χ4n) is 2.53. The highest BCUT2D eigenvalue weighted by Gasteiger charge is 2.24. The fourth-order valence-corrected chi connectivity index (χ4v) is 4.21. The monoisotopic (exact) mass is 471 g/mol. The molecule has 1 aromatic heterocycles. The molecule has 2 N–H and O–H groups in total. The Kier molecular flexibility index (Phi) is 8.60. The number of imide groups is 1. The Balaban J connectivity index is 1.97. The van der Waals surface area contributed by atoms with Crippen molar-refractivity contribution in [3.8, 4) is 0 Å². The molecule has 1 aromatic carbocycles. The van der Waals surface area contributed by atoms with E-state index in [4.69, 9.17) is 20.8 Å². The van der Waals surface area contributed by atoms with Gasteiger partial charge in [0.25, 0.3) is 5.91 Å². The molecule has 0 aliphatic rings. The van der Waals surface area contributed by atoms with Crippen LogP contribution in [0.1, 0.15) is 30.0 Å². The maximum absolute atomic E-state index is 12.6. The van der Waals surface area contributed by atoms with E-state index in [1.54, 1.807) is 26.0 Å². The Morgan fingerprint density at radius 1 is 1.16 bits per heavy atom. The Bertz CT molecular complexity index is 1030. The van der Waals surface area contributed by atoms with Crippen LogP contribution in [0, 0.1) is 0 Å². The Morgan fingerprint density at radius 2 is 1.87 bits per heavy atom. The molecule has 0 atom stereocenters. The first-order chi connectivity index (χ1) is 14.7. The van der Waals surface area contributed by atoms with E-state index in [1.807, 2.05) is 5.32 Å². The largest absolute Gasteiger partial charge is 0.467 e. The molecule has 0 saturated heterocycles. The highest BCUT2D eigenvalue weighted by atomic mass is 35.5. The number of carbonyl (C=O) groups excluding carboxylic acids is 3. The van der Waals surface area contributed by atoms with Gasteiger partial charge in [-0.15, -0.1) is 0 Å². The van der Waals surface area contributed by atoms with E-state index in [2.05, 4.69) is 5.32 Å². The van der Waals surface area contributed by atoms with Gasteiger partial charge in [-0.2, -0.15) is 4.31 Å². The van der Waals surface area contributed by atoms with Gasteiger partial charge in [-0.1, -0.05) is 25.4 Å². The summed E-state index contributed by atoms with van der Waals surface area (Å²) in [7, 11) is -3.82. The van der Waals surface area contributed by atoms with Crippen LogP contribution in [0.3, 0.4) is 0 Å². The van der Waals surface area contributed by atoms with Crippen molar-refractivity contribution >= 4 is 39.5 Å². The SMILES string of the molecule is CCN(CC)S(=O)(=O)c1ccc(Cl)c(C(=O)OCC(=O)NC(=O)NCc2ccco2)c1. The van der Waals surface area contributed by atoms with Gasteiger partial charge in [0.2, 0.25) is 10.0 Å². The van der Waals surface area contributed by atoms with Crippen molar-refractivity contribution in [1.29, 1.82) is 0 Å². The molecule has 0 fully saturated rings. The molecule has 10 nitrogen and oxygen atoms in total. The summed E-state index contributed by atoms with van der Waals surface area (Å²) < 4.78 is 36.4. The summed E-state index contributed by atoms with van der Waals surface area (Å²) >= 11 is 6.00. The van der Waals surface area contributed by atoms with Crippen LogP contribution in [0.25, 0.3) is 0 Å². The van der Waals surface area contributed by atoms with Crippen molar-refractivity contribution in [3.63, 3.8) is 0 Å². The minimum atomic E-state index is -3.82. The maximum Gasteiger partial charge on any atom is 0.340 e. The third-order valence-corrected chi connectivity index (χ3v) is 6.47. The van der Waals surface area contributed by atoms with Crippen molar-refractivity contribution in [2.75, 3.05) is 19.7 Å². The van der Waals surface area contributed by atoms with E-state index in [-0.39, 0.29) is 35.1 Å². The van der Waals surface area contributed by atoms with E-state index in [9.17, 15) is 22.8 Å². The van der Waals surface area contributed by atoms with Gasteiger partial charge >= 0.3 is 12.0 Å². The molecule has 0 radical (unpaired) electrons. The number of esters is 1. The minimum absolute atomic E-state index is 0.0416. The van der Waals surface area contributed by atoms with Crippen molar-refractivity contribution in [3.05, 3.63) is 52.9 Å². The van der Waals surface area contributed by atoms with Crippen LogP contribution in [0.2, 0.25) is 5.02 Å². The lowest BCUT2D eigenvalue weighted by Gasteiger charge is -2.19. The van der Waals surface area contributed by atoms with Gasteiger partial charge in [0.15, 0.2) is 6.61 Å². The van der Waals surface area contributed by atoms with Crippen LogP contribution in [0.5, 0.6) is 0 Å². The van der Waals surface area contributed by atoms with E-state index in [1.165, 1.54) is 22.7 Å². The second-order valence-electron chi connectivity index (χ2n) is 6.12. The second kappa shape index (κ2) is 10.9. The average molecular weight is 472 g/mol. The van der Waals surface area contributed by atoms with Crippen LogP contribution in [0.15, 0.2) is 45.9 Å². The zero-order chi connectivity index (χ0) is 23.0. The number of ether oxygens (including phenoxy) is 1. The summed E-state index contributed by atoms with van der Waals surface area (Å²) in [6.07, 6.45) is 1.44. The summed E-state index contributed by atoms with van der Waals surface area (Å²) in [6.45, 7) is 3.18. The zero-order valence-corrected chi connectivity index (χ0v) is 18.5. The third kappa shape index (κ3) is 6.54. The van der Waals surface area contributed by atoms with E-state index < -0.39 is 34.5 Å². The standard InChI is InChI=1S/C19H22ClN3O7S/c1-3-23(4-2)31(27,28)14-7-8-16(20)15(10-14)18(25)30-12-17(24)22-19(26)21-11-13-6-5-9-29-13/h5-10H,3-4,11-12H2,1-2H3,(H2,21,22,24,26). The highest BCUT2D eigenvalue weighted by Crippen LogP contribution is 2.23. The topological polar surface area (TPSA) is 135 Å². The van der Waals surface area contributed by atoms with Gasteiger partial charge in [-0.25, -0.2) is 18.0 Å². The molecule has 168 valence electrons. The fraction of sp³-hybridized carbons (Fsp3) is 0.316. The molecule has 0 aliphatic carbocycles. The molecule has 31 heavy (non-hydrogen) atoms. The third-order valence-electron chi connectivity index (χ3n) is 4.09. The van der Waals surface area contributed by atoms with Crippen LogP contribution >= 0.6 is 11.6 Å². The van der Waals surface area contributed by atoms with E-state index in [0.29, 0.717) is 5.76 Å². The molecule has 2 aromatic rings. The zero-order valence-electron chi connectivity index (χ0n) is 16.9. The number of nitrogens with zero attached hydrogens (tertiary/aromatic N) is 1. The van der Waals surface area contributed by atoms with Crippen LogP contribution < -0.4 is 10.6 Å². The molecule has 3 amide bonds. The molecule has 0 bridgehead atoms. The number of rotatable bonds is 9.